The van der Waals surface area contributed by atoms with Gasteiger partial charge in [0.15, 0.2) is 0 Å². The molecule has 0 atom stereocenters. The van der Waals surface area contributed by atoms with E-state index in [1.807, 2.05) is 32.0 Å². The van der Waals surface area contributed by atoms with E-state index in [4.69, 9.17) is 0 Å². The van der Waals surface area contributed by atoms with Gasteiger partial charge in [-0.25, -0.2) is 9.97 Å². The topological polar surface area (TPSA) is 78.4 Å². The van der Waals surface area contributed by atoms with E-state index >= 15 is 0 Å². The van der Waals surface area contributed by atoms with Gasteiger partial charge in [0.1, 0.15) is 17.8 Å². The average molecular weight is 339 g/mol. The zero-order valence-electron chi connectivity index (χ0n) is 14.4. The van der Waals surface area contributed by atoms with Gasteiger partial charge < -0.3 is 15.1 Å². The van der Waals surface area contributed by atoms with E-state index in [0.717, 1.165) is 17.7 Å². The van der Waals surface area contributed by atoms with E-state index < -0.39 is 0 Å². The Morgan fingerprint density at radius 3 is 2.52 bits per heavy atom. The van der Waals surface area contributed by atoms with Crippen LogP contribution in [0.3, 0.4) is 0 Å². The van der Waals surface area contributed by atoms with Crippen molar-refractivity contribution in [1.29, 1.82) is 0 Å². The summed E-state index contributed by atoms with van der Waals surface area (Å²) in [5, 5.41) is 2.87. The standard InChI is InChI=1S/C18H21N5O2/c1-13-3-4-15(9-14(13)2)21-18(25)16-10-17(20-11-19-16)23-7-5-22(12-24)6-8-23/h3-4,9-12H,5-8H2,1-2H3,(H,21,25). The summed E-state index contributed by atoms with van der Waals surface area (Å²) in [6.07, 6.45) is 2.26. The second kappa shape index (κ2) is 7.29. The molecule has 7 heteroatoms. The van der Waals surface area contributed by atoms with E-state index in [0.29, 0.717) is 37.7 Å². The van der Waals surface area contributed by atoms with Crippen LogP contribution in [0, 0.1) is 13.8 Å². The lowest BCUT2D eigenvalue weighted by Crippen LogP contribution is -2.46. The molecule has 0 unspecified atom stereocenters. The Balaban J connectivity index is 1.71. The molecule has 0 saturated carbocycles. The van der Waals surface area contributed by atoms with Gasteiger partial charge in [-0.15, -0.1) is 0 Å². The summed E-state index contributed by atoms with van der Waals surface area (Å²) in [5.74, 6) is 0.434. The van der Waals surface area contributed by atoms with Crippen molar-refractivity contribution in [2.24, 2.45) is 0 Å². The summed E-state index contributed by atoms with van der Waals surface area (Å²) in [6.45, 7) is 6.71. The number of nitrogens with zero attached hydrogens (tertiary/aromatic N) is 4. The minimum Gasteiger partial charge on any atom is -0.353 e. The Hall–Kier alpha value is -2.96. The fourth-order valence-electron chi connectivity index (χ4n) is 2.71. The Labute approximate surface area is 146 Å². The Morgan fingerprint density at radius 1 is 1.08 bits per heavy atom. The number of piperazine rings is 1. The summed E-state index contributed by atoms with van der Waals surface area (Å²) >= 11 is 0. The van der Waals surface area contributed by atoms with E-state index in [1.54, 1.807) is 11.0 Å². The van der Waals surface area contributed by atoms with Gasteiger partial charge in [0, 0.05) is 37.9 Å². The molecule has 1 aromatic carbocycles. The molecule has 2 amide bonds. The third kappa shape index (κ3) is 3.93. The van der Waals surface area contributed by atoms with Crippen LogP contribution in [0.1, 0.15) is 21.6 Å². The maximum atomic E-state index is 12.5. The van der Waals surface area contributed by atoms with Gasteiger partial charge >= 0.3 is 0 Å². The van der Waals surface area contributed by atoms with Crippen LogP contribution < -0.4 is 10.2 Å². The molecular weight excluding hydrogens is 318 g/mol. The van der Waals surface area contributed by atoms with Gasteiger partial charge in [-0.2, -0.15) is 0 Å². The van der Waals surface area contributed by atoms with Crippen molar-refractivity contribution in [3.63, 3.8) is 0 Å². The number of aromatic nitrogens is 2. The number of hydrogen-bond acceptors (Lipinski definition) is 5. The molecule has 1 aliphatic heterocycles. The van der Waals surface area contributed by atoms with Gasteiger partial charge in [-0.1, -0.05) is 6.07 Å². The second-order valence-corrected chi connectivity index (χ2v) is 6.14. The first-order chi connectivity index (χ1) is 12.1. The zero-order chi connectivity index (χ0) is 17.8. The van der Waals surface area contributed by atoms with Crippen LogP contribution in [0.4, 0.5) is 11.5 Å². The molecule has 1 saturated heterocycles. The van der Waals surface area contributed by atoms with Crippen LogP contribution >= 0.6 is 0 Å². The third-order valence-corrected chi connectivity index (χ3v) is 4.44. The van der Waals surface area contributed by atoms with Crippen molar-refractivity contribution in [2.45, 2.75) is 13.8 Å². The van der Waals surface area contributed by atoms with E-state index in [2.05, 4.69) is 20.2 Å². The lowest BCUT2D eigenvalue weighted by molar-refractivity contribution is -0.118. The van der Waals surface area contributed by atoms with Crippen molar-refractivity contribution in [3.8, 4) is 0 Å². The van der Waals surface area contributed by atoms with Crippen LogP contribution in [0.25, 0.3) is 0 Å². The molecule has 1 aromatic heterocycles. The largest absolute Gasteiger partial charge is 0.353 e. The van der Waals surface area contributed by atoms with Crippen LogP contribution in [0.15, 0.2) is 30.6 Å². The van der Waals surface area contributed by atoms with E-state index in [9.17, 15) is 9.59 Å². The van der Waals surface area contributed by atoms with Crippen molar-refractivity contribution in [1.82, 2.24) is 14.9 Å². The number of carbonyl (C=O) groups is 2. The highest BCUT2D eigenvalue weighted by atomic mass is 16.2. The quantitative estimate of drug-likeness (QED) is 0.857. The minimum absolute atomic E-state index is 0.265. The first-order valence-corrected chi connectivity index (χ1v) is 8.22. The molecule has 7 nitrogen and oxygen atoms in total. The molecule has 0 radical (unpaired) electrons. The smallest absolute Gasteiger partial charge is 0.274 e. The predicted molar refractivity (Wildman–Crippen MR) is 95.8 cm³/mol. The summed E-state index contributed by atoms with van der Waals surface area (Å²) in [7, 11) is 0. The summed E-state index contributed by atoms with van der Waals surface area (Å²) in [6, 6.07) is 7.48. The summed E-state index contributed by atoms with van der Waals surface area (Å²) < 4.78 is 0. The fraction of sp³-hybridized carbons (Fsp3) is 0.333. The molecule has 1 N–H and O–H groups in total. The molecular formula is C18H21N5O2. The number of rotatable bonds is 4. The van der Waals surface area contributed by atoms with Crippen LogP contribution in [-0.2, 0) is 4.79 Å². The zero-order valence-corrected chi connectivity index (χ0v) is 14.4. The van der Waals surface area contributed by atoms with Crippen LogP contribution in [0.5, 0.6) is 0 Å². The monoisotopic (exact) mass is 339 g/mol. The van der Waals surface area contributed by atoms with Gasteiger partial charge in [0.05, 0.1) is 0 Å². The van der Waals surface area contributed by atoms with Crippen LogP contribution in [-0.4, -0.2) is 53.4 Å². The lowest BCUT2D eigenvalue weighted by Gasteiger charge is -2.33. The molecule has 1 fully saturated rings. The normalized spacial score (nSPS) is 14.3. The predicted octanol–water partition coefficient (Wildman–Crippen LogP) is 1.62. The molecule has 1 aliphatic rings. The van der Waals surface area contributed by atoms with Crippen molar-refractivity contribution < 1.29 is 9.59 Å². The Morgan fingerprint density at radius 2 is 1.84 bits per heavy atom. The molecule has 0 spiro atoms. The number of carbonyl (C=O) groups excluding carboxylic acids is 2. The second-order valence-electron chi connectivity index (χ2n) is 6.14. The van der Waals surface area contributed by atoms with E-state index in [1.165, 1.54) is 11.9 Å². The molecule has 0 bridgehead atoms. The lowest BCUT2D eigenvalue weighted by atomic mass is 10.1. The highest BCUT2D eigenvalue weighted by Crippen LogP contribution is 2.17. The summed E-state index contributed by atoms with van der Waals surface area (Å²) in [4.78, 5) is 35.4. The van der Waals surface area contributed by atoms with Gasteiger partial charge in [-0.3, -0.25) is 9.59 Å². The first kappa shape index (κ1) is 16.9. The number of anilines is 2. The molecule has 25 heavy (non-hydrogen) atoms. The average Bonchev–Trinajstić information content (AvgIpc) is 2.65. The molecule has 0 aliphatic carbocycles. The van der Waals surface area contributed by atoms with Gasteiger partial charge in [-0.05, 0) is 37.1 Å². The first-order valence-electron chi connectivity index (χ1n) is 8.22. The molecule has 2 aromatic rings. The third-order valence-electron chi connectivity index (χ3n) is 4.44. The summed E-state index contributed by atoms with van der Waals surface area (Å²) in [5.41, 5.74) is 3.36. The number of hydrogen-bond donors (Lipinski definition) is 1. The Kier molecular flexibility index (Phi) is 4.92. The highest BCUT2D eigenvalue weighted by molar-refractivity contribution is 6.03. The number of aryl methyl sites for hydroxylation is 2. The van der Waals surface area contributed by atoms with Crippen molar-refractivity contribution in [2.75, 3.05) is 36.4 Å². The minimum atomic E-state index is -0.265. The Bertz CT molecular complexity index is 785. The number of amides is 2. The molecule has 130 valence electrons. The SMILES string of the molecule is Cc1ccc(NC(=O)c2cc(N3CCN(C=O)CC3)ncn2)cc1C. The molecule has 2 heterocycles. The van der Waals surface area contributed by atoms with E-state index in [-0.39, 0.29) is 5.91 Å². The highest BCUT2D eigenvalue weighted by Gasteiger charge is 2.18. The fourth-order valence-corrected chi connectivity index (χ4v) is 2.71. The van der Waals surface area contributed by atoms with Gasteiger partial charge in [0.2, 0.25) is 6.41 Å². The molecule has 3 rings (SSSR count). The maximum Gasteiger partial charge on any atom is 0.274 e. The maximum absolute atomic E-state index is 12.5. The van der Waals surface area contributed by atoms with Gasteiger partial charge in [0.25, 0.3) is 5.91 Å². The van der Waals surface area contributed by atoms with Crippen LogP contribution in [0.2, 0.25) is 0 Å². The van der Waals surface area contributed by atoms with Crippen molar-refractivity contribution >= 4 is 23.8 Å². The number of benzene rings is 1. The van der Waals surface area contributed by atoms with Crippen molar-refractivity contribution in [3.05, 3.63) is 47.4 Å². The number of nitrogens with one attached hydrogen (secondary N) is 1.